The lowest BCUT2D eigenvalue weighted by atomic mass is 9.87. The third-order valence-electron chi connectivity index (χ3n) is 5.81. The molecule has 30 heavy (non-hydrogen) atoms. The molecule has 0 aromatic heterocycles. The smallest absolute Gasteiger partial charge is 0.335 e. The molecule has 0 radical (unpaired) electrons. The van der Waals surface area contributed by atoms with Gasteiger partial charge in [-0.2, -0.15) is 0 Å². The Morgan fingerprint density at radius 2 is 1.47 bits per heavy atom. The molecule has 3 rings (SSSR count). The number of likely N-dealkylation sites (tertiary alicyclic amines) is 1. The quantitative estimate of drug-likeness (QED) is 0.773. The van der Waals surface area contributed by atoms with Crippen molar-refractivity contribution in [2.45, 2.75) is 26.7 Å². The molecule has 0 spiro atoms. The van der Waals surface area contributed by atoms with E-state index >= 15 is 0 Å². The normalized spacial score (nSPS) is 14.4. The van der Waals surface area contributed by atoms with Crippen LogP contribution < -0.4 is 0 Å². The van der Waals surface area contributed by atoms with Crippen LogP contribution in [0.2, 0.25) is 0 Å². The fraction of sp³-hybridized carbons (Fsp3) is 0.360. The highest BCUT2D eigenvalue weighted by atomic mass is 16.4. The maximum atomic E-state index is 12.7. The van der Waals surface area contributed by atoms with Crippen LogP contribution in [0.3, 0.4) is 0 Å². The fourth-order valence-electron chi connectivity index (χ4n) is 3.99. The molecule has 1 saturated heterocycles. The molecule has 1 aliphatic rings. The number of carboxylic acids is 1. The van der Waals surface area contributed by atoms with E-state index in [1.165, 1.54) is 5.57 Å². The highest BCUT2D eigenvalue weighted by molar-refractivity contribution is 5.95. The largest absolute Gasteiger partial charge is 0.478 e. The second-order valence-electron chi connectivity index (χ2n) is 7.72. The van der Waals surface area contributed by atoms with Gasteiger partial charge in [-0.3, -0.25) is 4.79 Å². The first-order valence-electron chi connectivity index (χ1n) is 10.6. The van der Waals surface area contributed by atoms with Crippen LogP contribution >= 0.6 is 0 Å². The Morgan fingerprint density at radius 3 is 2.03 bits per heavy atom. The number of rotatable bonds is 6. The Labute approximate surface area is 178 Å². The van der Waals surface area contributed by atoms with Crippen LogP contribution in [0.5, 0.6) is 0 Å². The van der Waals surface area contributed by atoms with Crippen molar-refractivity contribution in [3.63, 3.8) is 0 Å². The zero-order valence-electron chi connectivity index (χ0n) is 18.0. The fourth-order valence-corrected chi connectivity index (χ4v) is 3.99. The summed E-state index contributed by atoms with van der Waals surface area (Å²) in [6, 6.07) is 14.9. The highest BCUT2D eigenvalue weighted by Gasteiger charge is 2.19. The first-order chi connectivity index (χ1) is 14.4. The zero-order chi connectivity index (χ0) is 21.7. The Kier molecular flexibility index (Phi) is 7.06. The summed E-state index contributed by atoms with van der Waals surface area (Å²) >= 11 is 0. The highest BCUT2D eigenvalue weighted by Crippen LogP contribution is 2.33. The SMILES string of the molecule is CCN(CC)C(=O)c1ccc(C(=C2CCN(C)CC2)c2cccc(C(=O)O)c2)cc1. The van der Waals surface area contributed by atoms with Crippen LogP contribution in [-0.4, -0.2) is 60.0 Å². The van der Waals surface area contributed by atoms with E-state index in [0.717, 1.165) is 42.6 Å². The summed E-state index contributed by atoms with van der Waals surface area (Å²) in [4.78, 5) is 28.3. The Hall–Kier alpha value is -2.92. The lowest BCUT2D eigenvalue weighted by molar-refractivity contribution is 0.0695. The molecular formula is C25H30N2O3. The predicted molar refractivity (Wildman–Crippen MR) is 120 cm³/mol. The maximum Gasteiger partial charge on any atom is 0.335 e. The van der Waals surface area contributed by atoms with Gasteiger partial charge in [0.2, 0.25) is 0 Å². The van der Waals surface area contributed by atoms with E-state index in [4.69, 9.17) is 0 Å². The minimum atomic E-state index is -0.926. The van der Waals surface area contributed by atoms with Crippen LogP contribution in [-0.2, 0) is 0 Å². The third-order valence-corrected chi connectivity index (χ3v) is 5.81. The van der Waals surface area contributed by atoms with Crippen molar-refractivity contribution in [3.05, 3.63) is 76.4 Å². The summed E-state index contributed by atoms with van der Waals surface area (Å²) in [6.45, 7) is 7.29. The first kappa shape index (κ1) is 21.8. The lowest BCUT2D eigenvalue weighted by Crippen LogP contribution is -2.30. The minimum absolute atomic E-state index is 0.0351. The van der Waals surface area contributed by atoms with Crippen LogP contribution in [0, 0.1) is 0 Å². The summed E-state index contributed by atoms with van der Waals surface area (Å²) in [6.07, 6.45) is 1.90. The van der Waals surface area contributed by atoms with Crippen molar-refractivity contribution in [2.75, 3.05) is 33.2 Å². The van der Waals surface area contributed by atoms with Crippen molar-refractivity contribution in [2.24, 2.45) is 0 Å². The molecule has 0 saturated carbocycles. The molecule has 5 heteroatoms. The van der Waals surface area contributed by atoms with Crippen molar-refractivity contribution < 1.29 is 14.7 Å². The first-order valence-corrected chi connectivity index (χ1v) is 10.6. The number of hydrogen-bond acceptors (Lipinski definition) is 3. The van der Waals surface area contributed by atoms with Crippen LogP contribution in [0.25, 0.3) is 5.57 Å². The molecule has 0 bridgehead atoms. The van der Waals surface area contributed by atoms with E-state index in [2.05, 4.69) is 11.9 Å². The number of carbonyl (C=O) groups is 2. The Bertz CT molecular complexity index is 933. The van der Waals surface area contributed by atoms with E-state index in [0.29, 0.717) is 18.7 Å². The van der Waals surface area contributed by atoms with Crippen LogP contribution in [0.1, 0.15) is 58.5 Å². The number of nitrogens with zero attached hydrogens (tertiary/aromatic N) is 2. The number of carboxylic acid groups (broad SMARTS) is 1. The molecule has 1 heterocycles. The van der Waals surface area contributed by atoms with Gasteiger partial charge in [0, 0.05) is 31.7 Å². The average Bonchev–Trinajstić information content (AvgIpc) is 2.77. The van der Waals surface area contributed by atoms with E-state index in [1.807, 2.05) is 49.1 Å². The molecule has 0 atom stereocenters. The van der Waals surface area contributed by atoms with E-state index < -0.39 is 5.97 Å². The molecule has 2 aromatic carbocycles. The standard InChI is InChI=1S/C25H30N2O3/c1-4-27(5-2)24(28)20-11-9-18(10-12-20)23(19-13-15-26(3)16-14-19)21-7-6-8-22(17-21)25(29)30/h6-12,17H,4-5,13-16H2,1-3H3,(H,29,30). The van der Waals surface area contributed by atoms with Gasteiger partial charge in [-0.15, -0.1) is 0 Å². The van der Waals surface area contributed by atoms with E-state index in [9.17, 15) is 14.7 Å². The summed E-state index contributed by atoms with van der Waals surface area (Å²) < 4.78 is 0. The molecule has 1 fully saturated rings. The Morgan fingerprint density at radius 1 is 0.900 bits per heavy atom. The molecule has 1 N–H and O–H groups in total. The Balaban J connectivity index is 2.03. The summed E-state index contributed by atoms with van der Waals surface area (Å²) in [7, 11) is 2.12. The molecule has 1 aliphatic heterocycles. The molecule has 158 valence electrons. The van der Waals surface area contributed by atoms with Gasteiger partial charge in [0.05, 0.1) is 5.56 Å². The van der Waals surface area contributed by atoms with Crippen LogP contribution in [0.15, 0.2) is 54.1 Å². The summed E-state index contributed by atoms with van der Waals surface area (Å²) in [5.74, 6) is -0.891. The molecule has 5 nitrogen and oxygen atoms in total. The predicted octanol–water partition coefficient (Wildman–Crippen LogP) is 4.39. The van der Waals surface area contributed by atoms with Gasteiger partial charge < -0.3 is 14.9 Å². The number of amides is 1. The van der Waals surface area contributed by atoms with Crippen molar-refractivity contribution >= 4 is 17.4 Å². The monoisotopic (exact) mass is 406 g/mol. The van der Waals surface area contributed by atoms with Crippen molar-refractivity contribution in [1.82, 2.24) is 9.80 Å². The van der Waals surface area contributed by atoms with Gasteiger partial charge >= 0.3 is 5.97 Å². The minimum Gasteiger partial charge on any atom is -0.478 e. The van der Waals surface area contributed by atoms with Crippen LogP contribution in [0.4, 0.5) is 0 Å². The number of piperidine rings is 1. The van der Waals surface area contributed by atoms with Gasteiger partial charge in [0.25, 0.3) is 5.91 Å². The molecule has 0 unspecified atom stereocenters. The molecule has 1 amide bonds. The van der Waals surface area contributed by atoms with Crippen molar-refractivity contribution in [3.8, 4) is 0 Å². The topological polar surface area (TPSA) is 60.9 Å². The summed E-state index contributed by atoms with van der Waals surface area (Å²) in [5, 5.41) is 9.44. The van der Waals surface area contributed by atoms with Gasteiger partial charge in [0.15, 0.2) is 0 Å². The second-order valence-corrected chi connectivity index (χ2v) is 7.72. The molecule has 2 aromatic rings. The van der Waals surface area contributed by atoms with Gasteiger partial charge in [-0.1, -0.05) is 29.8 Å². The number of hydrogen-bond donors (Lipinski definition) is 1. The third kappa shape index (κ3) is 4.79. The zero-order valence-corrected chi connectivity index (χ0v) is 18.0. The second kappa shape index (κ2) is 9.72. The van der Waals surface area contributed by atoms with E-state index in [-0.39, 0.29) is 11.5 Å². The molecular weight excluding hydrogens is 376 g/mol. The average molecular weight is 407 g/mol. The number of aromatic carboxylic acids is 1. The summed E-state index contributed by atoms with van der Waals surface area (Å²) in [5.41, 5.74) is 5.32. The van der Waals surface area contributed by atoms with Gasteiger partial charge in [0.1, 0.15) is 0 Å². The van der Waals surface area contributed by atoms with Gasteiger partial charge in [-0.25, -0.2) is 4.79 Å². The maximum absolute atomic E-state index is 12.7. The number of benzene rings is 2. The molecule has 0 aliphatic carbocycles. The lowest BCUT2D eigenvalue weighted by Gasteiger charge is -2.27. The van der Waals surface area contributed by atoms with E-state index in [1.54, 1.807) is 18.2 Å². The van der Waals surface area contributed by atoms with Gasteiger partial charge in [-0.05, 0) is 74.7 Å². The van der Waals surface area contributed by atoms with Crippen molar-refractivity contribution in [1.29, 1.82) is 0 Å². The number of carbonyl (C=O) groups excluding carboxylic acids is 1.